The maximum atomic E-state index is 14.1. The lowest BCUT2D eigenvalue weighted by atomic mass is 9.82. The number of likely N-dealkylation sites (tertiary alicyclic amines) is 1. The largest absolute Gasteiger partial charge is 0.404 e. The van der Waals surface area contributed by atoms with E-state index in [-0.39, 0.29) is 18.2 Å². The van der Waals surface area contributed by atoms with Gasteiger partial charge in [0.05, 0.1) is 5.56 Å². The predicted octanol–water partition coefficient (Wildman–Crippen LogP) is 5.88. The van der Waals surface area contributed by atoms with E-state index in [4.69, 9.17) is 11.6 Å². The van der Waals surface area contributed by atoms with Gasteiger partial charge in [-0.25, -0.2) is 9.37 Å². The van der Waals surface area contributed by atoms with E-state index < -0.39 is 29.4 Å². The van der Waals surface area contributed by atoms with Crippen molar-refractivity contribution in [2.24, 2.45) is 11.8 Å². The second-order valence-electron chi connectivity index (χ2n) is 9.60. The normalized spacial score (nSPS) is 18.8. The molecule has 194 valence electrons. The molecule has 2 fully saturated rings. The molecule has 0 spiro atoms. The van der Waals surface area contributed by atoms with Crippen LogP contribution in [0.2, 0.25) is 5.15 Å². The molecule has 2 saturated heterocycles. The van der Waals surface area contributed by atoms with Gasteiger partial charge in [0.25, 0.3) is 0 Å². The first-order chi connectivity index (χ1) is 17.2. The molecule has 3 heterocycles. The highest BCUT2D eigenvalue weighted by Crippen LogP contribution is 2.39. The smallest absolute Gasteiger partial charge is 0.357 e. The van der Waals surface area contributed by atoms with Crippen molar-refractivity contribution >= 4 is 29.6 Å². The zero-order chi connectivity index (χ0) is 25.9. The van der Waals surface area contributed by atoms with Crippen LogP contribution in [-0.4, -0.2) is 54.4 Å². The Balaban J connectivity index is 1.29. The highest BCUT2D eigenvalue weighted by molar-refractivity contribution is 6.31. The second-order valence-corrected chi connectivity index (χ2v) is 9.96. The van der Waals surface area contributed by atoms with Crippen LogP contribution in [0.25, 0.3) is 0 Å². The number of alkyl halides is 3. The van der Waals surface area contributed by atoms with E-state index in [1.807, 2.05) is 0 Å². The summed E-state index contributed by atoms with van der Waals surface area (Å²) in [5, 5.41) is 0.189. The molecule has 0 bridgehead atoms. The van der Waals surface area contributed by atoms with Gasteiger partial charge in [-0.15, -0.1) is 0 Å². The van der Waals surface area contributed by atoms with E-state index >= 15 is 0 Å². The summed E-state index contributed by atoms with van der Waals surface area (Å²) in [5.41, 5.74) is -0.268. The molecular formula is C26H28ClF4N3O2. The number of aldehydes is 1. The first-order valence-electron chi connectivity index (χ1n) is 12.1. The third-order valence-electron chi connectivity index (χ3n) is 7.31. The number of benzene rings is 1. The standard InChI is InChI=1S/C26H28ClF4N3O2/c27-24-19(16-35)5-6-22(32-24)33-11-7-17(8-12-33)15-18-9-13-34(14-10-18)25(36)23(26(29,30)31)20-3-1-2-4-21(20)28/h1-6,16-18,23H,7-15H2. The van der Waals surface area contributed by atoms with Gasteiger partial charge in [-0.3, -0.25) is 9.59 Å². The molecule has 2 aliphatic rings. The minimum atomic E-state index is -4.86. The number of aromatic nitrogens is 1. The summed E-state index contributed by atoms with van der Waals surface area (Å²) in [4.78, 5) is 31.5. The third kappa shape index (κ3) is 5.99. The van der Waals surface area contributed by atoms with Crippen molar-refractivity contribution in [1.82, 2.24) is 9.88 Å². The number of hydrogen-bond acceptors (Lipinski definition) is 4. The molecule has 0 radical (unpaired) electrons. The van der Waals surface area contributed by atoms with Gasteiger partial charge in [0.2, 0.25) is 5.91 Å². The Morgan fingerprint density at radius 3 is 2.19 bits per heavy atom. The van der Waals surface area contributed by atoms with Crippen LogP contribution in [0.4, 0.5) is 23.4 Å². The topological polar surface area (TPSA) is 53.5 Å². The summed E-state index contributed by atoms with van der Waals surface area (Å²) in [6.45, 7) is 2.10. The average molecular weight is 526 g/mol. The van der Waals surface area contributed by atoms with E-state index in [1.54, 1.807) is 12.1 Å². The van der Waals surface area contributed by atoms with Crippen molar-refractivity contribution in [2.45, 2.75) is 44.2 Å². The van der Waals surface area contributed by atoms with E-state index in [2.05, 4.69) is 9.88 Å². The van der Waals surface area contributed by atoms with E-state index in [1.165, 1.54) is 17.0 Å². The van der Waals surface area contributed by atoms with Gasteiger partial charge in [-0.2, -0.15) is 13.2 Å². The summed E-state index contributed by atoms with van der Waals surface area (Å²) < 4.78 is 55.3. The summed E-state index contributed by atoms with van der Waals surface area (Å²) in [6.07, 6.45) is -0.0425. The number of halogens is 5. The fraction of sp³-hybridized carbons (Fsp3) is 0.500. The number of carbonyl (C=O) groups is 2. The number of piperidine rings is 2. The number of anilines is 1. The Labute approximate surface area is 212 Å². The van der Waals surface area contributed by atoms with Gasteiger partial charge < -0.3 is 9.80 Å². The fourth-order valence-corrected chi connectivity index (χ4v) is 5.49. The van der Waals surface area contributed by atoms with Crippen molar-refractivity contribution in [2.75, 3.05) is 31.1 Å². The van der Waals surface area contributed by atoms with Crippen LogP contribution >= 0.6 is 11.6 Å². The van der Waals surface area contributed by atoms with Gasteiger partial charge in [-0.05, 0) is 62.1 Å². The molecule has 0 N–H and O–H groups in total. The number of hydrogen-bond donors (Lipinski definition) is 0. The third-order valence-corrected chi connectivity index (χ3v) is 7.61. The monoisotopic (exact) mass is 525 g/mol. The van der Waals surface area contributed by atoms with Crippen molar-refractivity contribution in [1.29, 1.82) is 0 Å². The number of amides is 1. The van der Waals surface area contributed by atoms with Crippen LogP contribution in [0.5, 0.6) is 0 Å². The molecule has 10 heteroatoms. The molecule has 0 saturated carbocycles. The molecule has 1 amide bonds. The molecule has 0 aliphatic carbocycles. The Hall–Kier alpha value is -2.68. The number of carbonyl (C=O) groups excluding carboxylic acids is 2. The second kappa shape index (κ2) is 11.2. The van der Waals surface area contributed by atoms with Crippen molar-refractivity contribution < 1.29 is 27.2 Å². The van der Waals surface area contributed by atoms with Gasteiger partial charge in [0, 0.05) is 31.7 Å². The van der Waals surface area contributed by atoms with Crippen molar-refractivity contribution in [3.8, 4) is 0 Å². The Kier molecular flexibility index (Phi) is 8.17. The maximum absolute atomic E-state index is 14.1. The minimum absolute atomic E-state index is 0.189. The minimum Gasteiger partial charge on any atom is -0.357 e. The first kappa shape index (κ1) is 26.4. The molecule has 4 rings (SSSR count). The van der Waals surface area contributed by atoms with Gasteiger partial charge in [-0.1, -0.05) is 29.8 Å². The molecule has 2 aromatic rings. The SMILES string of the molecule is O=Cc1ccc(N2CCC(CC3CCN(C(=O)C(c4ccccc4F)C(F)(F)F)CC3)CC2)nc1Cl. The molecule has 5 nitrogen and oxygen atoms in total. The lowest BCUT2D eigenvalue weighted by molar-refractivity contribution is -0.173. The van der Waals surface area contributed by atoms with Crippen molar-refractivity contribution in [3.63, 3.8) is 0 Å². The van der Waals surface area contributed by atoms with Crippen LogP contribution in [-0.2, 0) is 4.79 Å². The summed E-state index contributed by atoms with van der Waals surface area (Å²) >= 11 is 6.05. The highest BCUT2D eigenvalue weighted by Gasteiger charge is 2.49. The van der Waals surface area contributed by atoms with Gasteiger partial charge in [0.1, 0.15) is 16.8 Å². The predicted molar refractivity (Wildman–Crippen MR) is 129 cm³/mol. The maximum Gasteiger partial charge on any atom is 0.404 e. The van der Waals surface area contributed by atoms with Crippen LogP contribution in [0.1, 0.15) is 53.9 Å². The number of rotatable bonds is 6. The summed E-state index contributed by atoms with van der Waals surface area (Å²) in [5.74, 6) is -3.02. The quantitative estimate of drug-likeness (QED) is 0.268. The van der Waals surface area contributed by atoms with Crippen LogP contribution in [0, 0.1) is 17.7 Å². The number of pyridine rings is 1. The first-order valence-corrected chi connectivity index (χ1v) is 12.5. The number of nitrogens with zero attached hydrogens (tertiary/aromatic N) is 3. The van der Waals surface area contributed by atoms with Crippen LogP contribution in [0.15, 0.2) is 36.4 Å². The Bertz CT molecular complexity index is 1080. The molecule has 1 unspecified atom stereocenters. The van der Waals surface area contributed by atoms with E-state index in [0.29, 0.717) is 36.5 Å². The zero-order valence-electron chi connectivity index (χ0n) is 19.7. The zero-order valence-corrected chi connectivity index (χ0v) is 20.4. The molecular weight excluding hydrogens is 498 g/mol. The highest BCUT2D eigenvalue weighted by atomic mass is 35.5. The van der Waals surface area contributed by atoms with Crippen LogP contribution in [0.3, 0.4) is 0 Å². The van der Waals surface area contributed by atoms with Gasteiger partial charge >= 0.3 is 6.18 Å². The van der Waals surface area contributed by atoms with Crippen LogP contribution < -0.4 is 4.90 Å². The lowest BCUT2D eigenvalue weighted by Crippen LogP contribution is -2.45. The molecule has 1 atom stereocenters. The van der Waals surface area contributed by atoms with Crippen molar-refractivity contribution in [3.05, 3.63) is 58.5 Å². The lowest BCUT2D eigenvalue weighted by Gasteiger charge is -2.38. The Morgan fingerprint density at radius 2 is 1.64 bits per heavy atom. The average Bonchev–Trinajstić information content (AvgIpc) is 2.85. The molecule has 2 aliphatic heterocycles. The molecule has 1 aromatic carbocycles. The van der Waals surface area contributed by atoms with E-state index in [9.17, 15) is 27.2 Å². The molecule has 1 aromatic heterocycles. The fourth-order valence-electron chi connectivity index (χ4n) is 5.30. The molecule has 36 heavy (non-hydrogen) atoms. The van der Waals surface area contributed by atoms with Gasteiger partial charge in [0.15, 0.2) is 12.2 Å². The summed E-state index contributed by atoms with van der Waals surface area (Å²) in [7, 11) is 0. The summed E-state index contributed by atoms with van der Waals surface area (Å²) in [6, 6.07) is 8.05. The van der Waals surface area contributed by atoms with E-state index in [0.717, 1.165) is 50.3 Å². The Morgan fingerprint density at radius 1 is 1.03 bits per heavy atom.